The normalized spacial score (nSPS) is 21.2. The number of fused-ring (bicyclic) bond motifs is 1. The molecular formula is C21H21F3N2O3S. The highest BCUT2D eigenvalue weighted by Crippen LogP contribution is 2.39. The zero-order chi connectivity index (χ0) is 21.1. The number of hydrogen-bond donors (Lipinski definition) is 1. The number of carbonyl (C=O) groups is 1. The Morgan fingerprint density at radius 3 is 2.73 bits per heavy atom. The van der Waals surface area contributed by atoms with E-state index in [-0.39, 0.29) is 12.8 Å². The van der Waals surface area contributed by atoms with Gasteiger partial charge in [0.1, 0.15) is 18.2 Å². The van der Waals surface area contributed by atoms with E-state index in [0.717, 1.165) is 4.90 Å². The Hall–Kier alpha value is -2.42. The maximum absolute atomic E-state index is 13.1. The van der Waals surface area contributed by atoms with Gasteiger partial charge in [0, 0.05) is 17.1 Å². The van der Waals surface area contributed by atoms with Crippen LogP contribution >= 0.6 is 11.8 Å². The molecule has 1 aliphatic carbocycles. The van der Waals surface area contributed by atoms with E-state index in [4.69, 9.17) is 9.47 Å². The summed E-state index contributed by atoms with van der Waals surface area (Å²) in [6, 6.07) is 8.26. The summed E-state index contributed by atoms with van der Waals surface area (Å²) in [7, 11) is 0. The number of nitrogens with one attached hydrogen (secondary N) is 1. The fraction of sp³-hybridized carbons (Fsp3) is 0.429. The number of nitrogens with zero attached hydrogens (tertiary/aromatic N) is 1. The molecule has 1 aromatic heterocycles. The van der Waals surface area contributed by atoms with E-state index in [1.165, 1.54) is 11.8 Å². The Morgan fingerprint density at radius 1 is 1.13 bits per heavy atom. The summed E-state index contributed by atoms with van der Waals surface area (Å²) < 4.78 is 50.3. The number of halogens is 3. The van der Waals surface area contributed by atoms with Gasteiger partial charge in [0.25, 0.3) is 5.91 Å². The molecule has 1 aliphatic heterocycles. The molecule has 5 nitrogen and oxygen atoms in total. The fourth-order valence-corrected chi connectivity index (χ4v) is 4.63. The SMILES string of the molecule is O=C(N[C@@H]1CCC[C@@H](C(F)(F)F)C1)c1cccnc1Sc1ccc2c(c1)OCCO2. The lowest BCUT2D eigenvalue weighted by molar-refractivity contribution is -0.183. The van der Waals surface area contributed by atoms with Gasteiger partial charge in [-0.05, 0) is 49.6 Å². The van der Waals surface area contributed by atoms with E-state index >= 15 is 0 Å². The Balaban J connectivity index is 1.47. The van der Waals surface area contributed by atoms with Crippen molar-refractivity contribution in [3.05, 3.63) is 42.1 Å². The van der Waals surface area contributed by atoms with Crippen LogP contribution in [0, 0.1) is 5.92 Å². The molecule has 0 saturated heterocycles. The molecule has 1 saturated carbocycles. The van der Waals surface area contributed by atoms with E-state index in [1.54, 1.807) is 24.4 Å². The minimum absolute atomic E-state index is 0.0832. The van der Waals surface area contributed by atoms with E-state index < -0.39 is 24.0 Å². The summed E-state index contributed by atoms with van der Waals surface area (Å²) in [5.74, 6) is -0.470. The summed E-state index contributed by atoms with van der Waals surface area (Å²) in [6.45, 7) is 0.971. The van der Waals surface area contributed by atoms with Gasteiger partial charge in [-0.1, -0.05) is 18.2 Å². The first-order chi connectivity index (χ1) is 14.4. The zero-order valence-corrected chi connectivity index (χ0v) is 16.9. The first kappa shape index (κ1) is 20.8. The maximum Gasteiger partial charge on any atom is 0.391 e. The van der Waals surface area contributed by atoms with Crippen LogP contribution in [0.15, 0.2) is 46.5 Å². The summed E-state index contributed by atoms with van der Waals surface area (Å²) in [6.07, 6.45) is -1.62. The van der Waals surface area contributed by atoms with Crippen LogP contribution in [0.4, 0.5) is 13.2 Å². The largest absolute Gasteiger partial charge is 0.486 e. The number of amides is 1. The second-order valence-electron chi connectivity index (χ2n) is 7.34. The van der Waals surface area contributed by atoms with Crippen LogP contribution in [0.5, 0.6) is 11.5 Å². The molecule has 0 radical (unpaired) electrons. The van der Waals surface area contributed by atoms with Gasteiger partial charge in [0.05, 0.1) is 11.5 Å². The summed E-state index contributed by atoms with van der Waals surface area (Å²) in [4.78, 5) is 17.9. The quantitative estimate of drug-likeness (QED) is 0.739. The van der Waals surface area contributed by atoms with Gasteiger partial charge < -0.3 is 14.8 Å². The average Bonchev–Trinajstić information content (AvgIpc) is 2.73. The van der Waals surface area contributed by atoms with Crippen LogP contribution in [-0.4, -0.2) is 36.3 Å². The number of ether oxygens (including phenoxy) is 2. The second-order valence-corrected chi connectivity index (χ2v) is 8.40. The lowest BCUT2D eigenvalue weighted by atomic mass is 9.85. The molecule has 30 heavy (non-hydrogen) atoms. The van der Waals surface area contributed by atoms with Gasteiger partial charge in [0.15, 0.2) is 11.5 Å². The van der Waals surface area contributed by atoms with Gasteiger partial charge in [-0.3, -0.25) is 4.79 Å². The molecule has 1 amide bonds. The molecule has 1 N–H and O–H groups in total. The standard InChI is InChI=1S/C21H21F3N2O3S/c22-21(23,24)13-3-1-4-14(11-13)26-19(27)16-5-2-8-25-20(16)30-15-6-7-17-18(12-15)29-10-9-28-17/h2,5-8,12-14H,1,3-4,9-11H2,(H,26,27)/t13-,14-/m1/s1. The smallest absolute Gasteiger partial charge is 0.391 e. The van der Waals surface area contributed by atoms with Crippen LogP contribution in [-0.2, 0) is 0 Å². The summed E-state index contributed by atoms with van der Waals surface area (Å²) >= 11 is 1.29. The molecule has 2 aromatic rings. The second kappa shape index (κ2) is 8.75. The first-order valence-electron chi connectivity index (χ1n) is 9.80. The third kappa shape index (κ3) is 4.83. The highest BCUT2D eigenvalue weighted by molar-refractivity contribution is 7.99. The van der Waals surface area contributed by atoms with Gasteiger partial charge in [0.2, 0.25) is 0 Å². The van der Waals surface area contributed by atoms with Crippen molar-refractivity contribution in [3.63, 3.8) is 0 Å². The van der Waals surface area contributed by atoms with Crippen LogP contribution < -0.4 is 14.8 Å². The number of hydrogen-bond acceptors (Lipinski definition) is 5. The molecule has 2 aliphatic rings. The highest BCUT2D eigenvalue weighted by atomic mass is 32.2. The first-order valence-corrected chi connectivity index (χ1v) is 10.6. The minimum atomic E-state index is -4.23. The Morgan fingerprint density at radius 2 is 1.93 bits per heavy atom. The molecule has 160 valence electrons. The third-order valence-corrected chi connectivity index (χ3v) is 6.22. The molecule has 1 fully saturated rings. The Bertz CT molecular complexity index is 923. The van der Waals surface area contributed by atoms with Crippen molar-refractivity contribution in [1.82, 2.24) is 10.3 Å². The van der Waals surface area contributed by atoms with Crippen molar-refractivity contribution in [2.45, 2.75) is 47.8 Å². The molecule has 0 unspecified atom stereocenters. The molecular weight excluding hydrogens is 417 g/mol. The third-order valence-electron chi connectivity index (χ3n) is 5.22. The predicted octanol–water partition coefficient (Wildman–Crippen LogP) is 4.85. The van der Waals surface area contributed by atoms with Gasteiger partial charge in [-0.15, -0.1) is 0 Å². The number of alkyl halides is 3. The van der Waals surface area contributed by atoms with Crippen molar-refractivity contribution in [3.8, 4) is 11.5 Å². The van der Waals surface area contributed by atoms with E-state index in [2.05, 4.69) is 10.3 Å². The number of benzene rings is 1. The van der Waals surface area contributed by atoms with Crippen molar-refractivity contribution in [1.29, 1.82) is 0 Å². The lowest BCUT2D eigenvalue weighted by Crippen LogP contribution is -2.41. The van der Waals surface area contributed by atoms with Gasteiger partial charge >= 0.3 is 6.18 Å². The molecule has 4 rings (SSSR count). The molecule has 0 spiro atoms. The molecule has 2 heterocycles. The average molecular weight is 438 g/mol. The molecule has 2 atom stereocenters. The summed E-state index contributed by atoms with van der Waals surface area (Å²) in [5.41, 5.74) is 0.339. The van der Waals surface area contributed by atoms with Crippen molar-refractivity contribution >= 4 is 17.7 Å². The number of rotatable bonds is 4. The Kier molecular flexibility index (Phi) is 6.08. The molecule has 0 bridgehead atoms. The maximum atomic E-state index is 13.1. The van der Waals surface area contributed by atoms with E-state index in [0.29, 0.717) is 48.1 Å². The minimum Gasteiger partial charge on any atom is -0.486 e. The highest BCUT2D eigenvalue weighted by Gasteiger charge is 2.42. The number of aromatic nitrogens is 1. The molecule has 9 heteroatoms. The fourth-order valence-electron chi connectivity index (χ4n) is 3.73. The number of carbonyl (C=O) groups excluding carboxylic acids is 1. The molecule has 1 aromatic carbocycles. The van der Waals surface area contributed by atoms with Gasteiger partial charge in [-0.2, -0.15) is 13.2 Å². The van der Waals surface area contributed by atoms with E-state index in [1.807, 2.05) is 12.1 Å². The van der Waals surface area contributed by atoms with Crippen molar-refractivity contribution in [2.24, 2.45) is 5.92 Å². The zero-order valence-electron chi connectivity index (χ0n) is 16.1. The predicted molar refractivity (Wildman–Crippen MR) is 105 cm³/mol. The van der Waals surface area contributed by atoms with Crippen LogP contribution in [0.1, 0.15) is 36.0 Å². The van der Waals surface area contributed by atoms with Crippen LogP contribution in [0.3, 0.4) is 0 Å². The topological polar surface area (TPSA) is 60.5 Å². The Labute approximate surface area is 176 Å². The van der Waals surface area contributed by atoms with Crippen LogP contribution in [0.2, 0.25) is 0 Å². The lowest BCUT2D eigenvalue weighted by Gasteiger charge is -2.31. The monoisotopic (exact) mass is 438 g/mol. The van der Waals surface area contributed by atoms with Crippen LogP contribution in [0.25, 0.3) is 0 Å². The summed E-state index contributed by atoms with van der Waals surface area (Å²) in [5, 5.41) is 3.26. The van der Waals surface area contributed by atoms with Gasteiger partial charge in [-0.25, -0.2) is 4.98 Å². The van der Waals surface area contributed by atoms with E-state index in [9.17, 15) is 18.0 Å². The number of pyridine rings is 1. The van der Waals surface area contributed by atoms with Crippen molar-refractivity contribution in [2.75, 3.05) is 13.2 Å². The van der Waals surface area contributed by atoms with Crippen molar-refractivity contribution < 1.29 is 27.4 Å².